The van der Waals surface area contributed by atoms with E-state index in [1.54, 1.807) is 6.08 Å². The summed E-state index contributed by atoms with van der Waals surface area (Å²) in [6, 6.07) is 19.7. The van der Waals surface area contributed by atoms with Gasteiger partial charge in [0, 0.05) is 6.08 Å². The van der Waals surface area contributed by atoms with Gasteiger partial charge in [0.25, 0.3) is 5.79 Å². The Morgan fingerprint density at radius 2 is 1.30 bits per heavy atom. The van der Waals surface area contributed by atoms with Crippen molar-refractivity contribution in [1.29, 1.82) is 0 Å². The topological polar surface area (TPSA) is 35.5 Å². The van der Waals surface area contributed by atoms with Gasteiger partial charge in [-0.3, -0.25) is 0 Å². The summed E-state index contributed by atoms with van der Waals surface area (Å²) in [5.74, 6) is -1.10. The van der Waals surface area contributed by atoms with Gasteiger partial charge in [-0.2, -0.15) is 0 Å². The molecule has 1 aliphatic rings. The van der Waals surface area contributed by atoms with Crippen LogP contribution in [0.25, 0.3) is 0 Å². The van der Waals surface area contributed by atoms with E-state index in [1.165, 1.54) is 6.08 Å². The van der Waals surface area contributed by atoms with E-state index >= 15 is 0 Å². The van der Waals surface area contributed by atoms with Crippen LogP contribution in [0.2, 0.25) is 0 Å². The molecule has 3 nitrogen and oxygen atoms in total. The minimum Gasteiger partial charge on any atom is -0.452 e. The zero-order valence-corrected chi connectivity index (χ0v) is 12.8. The molecule has 0 saturated heterocycles. The molecule has 2 aromatic rings. The molecule has 0 unspecified atom stereocenters. The van der Waals surface area contributed by atoms with E-state index in [0.29, 0.717) is 18.6 Å². The van der Waals surface area contributed by atoms with Crippen molar-refractivity contribution in [3.05, 3.63) is 96.3 Å². The molecule has 3 rings (SSSR count). The summed E-state index contributed by atoms with van der Waals surface area (Å²) in [7, 11) is 0. The van der Waals surface area contributed by atoms with Crippen molar-refractivity contribution in [3.8, 4) is 0 Å². The zero-order chi connectivity index (χ0) is 16.1. The van der Waals surface area contributed by atoms with Gasteiger partial charge in [-0.25, -0.2) is 4.79 Å². The minimum atomic E-state index is -1.10. The fourth-order valence-corrected chi connectivity index (χ4v) is 2.69. The highest BCUT2D eigenvalue weighted by Crippen LogP contribution is 2.29. The van der Waals surface area contributed by atoms with Crippen molar-refractivity contribution >= 4 is 5.97 Å². The Morgan fingerprint density at radius 1 is 0.783 bits per heavy atom. The zero-order valence-electron chi connectivity index (χ0n) is 12.8. The molecule has 0 atom stereocenters. The maximum atomic E-state index is 12.0. The first-order chi connectivity index (χ1) is 11.2. The third kappa shape index (κ3) is 3.89. The molecule has 0 bridgehead atoms. The van der Waals surface area contributed by atoms with Crippen LogP contribution in [0.5, 0.6) is 0 Å². The van der Waals surface area contributed by atoms with E-state index in [4.69, 9.17) is 9.47 Å². The van der Waals surface area contributed by atoms with Gasteiger partial charge in [-0.15, -0.1) is 0 Å². The van der Waals surface area contributed by atoms with Crippen molar-refractivity contribution in [2.24, 2.45) is 0 Å². The van der Waals surface area contributed by atoms with Gasteiger partial charge in [0.15, 0.2) is 0 Å². The van der Waals surface area contributed by atoms with Gasteiger partial charge < -0.3 is 9.47 Å². The number of allylic oxidation sites excluding steroid dienone is 1. The lowest BCUT2D eigenvalue weighted by molar-refractivity contribution is -0.207. The van der Waals surface area contributed by atoms with Gasteiger partial charge in [-0.05, 0) is 17.2 Å². The fraction of sp³-hybridized carbons (Fsp3) is 0.150. The number of rotatable bonds is 4. The number of hydrogen-bond donors (Lipinski definition) is 0. The molecule has 0 amide bonds. The molecule has 0 spiro atoms. The number of cyclic esters (lactones) is 1. The van der Waals surface area contributed by atoms with Crippen molar-refractivity contribution in [1.82, 2.24) is 0 Å². The third-order valence-electron chi connectivity index (χ3n) is 3.64. The van der Waals surface area contributed by atoms with E-state index in [0.717, 1.165) is 11.1 Å². The number of carbonyl (C=O) groups excluding carboxylic acids is 1. The minimum absolute atomic E-state index is 0.419. The van der Waals surface area contributed by atoms with E-state index in [2.05, 4.69) is 6.58 Å². The summed E-state index contributed by atoms with van der Waals surface area (Å²) in [6.07, 6.45) is 3.80. The second-order valence-corrected chi connectivity index (χ2v) is 5.56. The molecule has 3 heteroatoms. The Labute approximate surface area is 135 Å². The van der Waals surface area contributed by atoms with Gasteiger partial charge in [0.2, 0.25) is 0 Å². The Kier molecular flexibility index (Phi) is 4.29. The first kappa shape index (κ1) is 15.1. The first-order valence-corrected chi connectivity index (χ1v) is 7.52. The predicted octanol–water partition coefficient (Wildman–Crippen LogP) is 3.81. The van der Waals surface area contributed by atoms with Crippen LogP contribution >= 0.6 is 0 Å². The second kappa shape index (κ2) is 6.53. The van der Waals surface area contributed by atoms with Crippen LogP contribution in [-0.4, -0.2) is 11.8 Å². The average molecular weight is 306 g/mol. The lowest BCUT2D eigenvalue weighted by atomic mass is 9.97. The van der Waals surface area contributed by atoms with E-state index < -0.39 is 11.8 Å². The molecule has 0 radical (unpaired) electrons. The Morgan fingerprint density at radius 3 is 1.83 bits per heavy atom. The highest BCUT2D eigenvalue weighted by atomic mass is 16.7. The summed E-state index contributed by atoms with van der Waals surface area (Å²) >= 11 is 0. The van der Waals surface area contributed by atoms with Crippen molar-refractivity contribution in [2.75, 3.05) is 0 Å². The standard InChI is InChI=1S/C20H18O3/c1-16-12-13-19(21)23-20(22-16,14-17-8-4-2-5-9-17)15-18-10-6-3-7-11-18/h2-13H,1,14-15H2. The van der Waals surface area contributed by atoms with Crippen LogP contribution in [0.3, 0.4) is 0 Å². The molecular weight excluding hydrogens is 288 g/mol. The quantitative estimate of drug-likeness (QED) is 0.806. The van der Waals surface area contributed by atoms with Crippen LogP contribution in [0, 0.1) is 0 Å². The predicted molar refractivity (Wildman–Crippen MR) is 88.5 cm³/mol. The van der Waals surface area contributed by atoms with Crippen molar-refractivity contribution in [2.45, 2.75) is 18.6 Å². The summed E-state index contributed by atoms with van der Waals surface area (Å²) in [4.78, 5) is 12.0. The summed E-state index contributed by atoms with van der Waals surface area (Å²) in [6.45, 7) is 3.85. The third-order valence-corrected chi connectivity index (χ3v) is 3.64. The van der Waals surface area contributed by atoms with Crippen molar-refractivity contribution < 1.29 is 14.3 Å². The average Bonchev–Trinajstić information content (AvgIpc) is 2.67. The number of carbonyl (C=O) groups is 1. The smallest absolute Gasteiger partial charge is 0.334 e. The first-order valence-electron chi connectivity index (χ1n) is 7.52. The van der Waals surface area contributed by atoms with Gasteiger partial charge in [-0.1, -0.05) is 67.2 Å². The van der Waals surface area contributed by atoms with Crippen LogP contribution in [0.4, 0.5) is 0 Å². The SMILES string of the molecule is C=C1C=CC(=O)OC(Cc2ccccc2)(Cc2ccccc2)O1. The normalized spacial score (nSPS) is 16.3. The van der Waals surface area contributed by atoms with Gasteiger partial charge in [0.1, 0.15) is 5.76 Å². The molecular formula is C20H18O3. The highest BCUT2D eigenvalue weighted by Gasteiger charge is 2.38. The molecule has 0 fully saturated rings. The summed E-state index contributed by atoms with van der Waals surface area (Å²) in [5.41, 5.74) is 2.07. The second-order valence-electron chi connectivity index (χ2n) is 5.56. The fourth-order valence-electron chi connectivity index (χ4n) is 2.69. The van der Waals surface area contributed by atoms with E-state index in [1.807, 2.05) is 60.7 Å². The number of esters is 1. The molecule has 1 aliphatic heterocycles. The highest BCUT2D eigenvalue weighted by molar-refractivity contribution is 5.83. The van der Waals surface area contributed by atoms with Crippen LogP contribution in [0.15, 0.2) is 85.2 Å². The molecule has 0 aliphatic carbocycles. The Bertz CT molecular complexity index is 654. The molecule has 0 N–H and O–H groups in total. The number of hydrogen-bond acceptors (Lipinski definition) is 3. The molecule has 116 valence electrons. The molecule has 1 heterocycles. The van der Waals surface area contributed by atoms with Gasteiger partial charge in [0.05, 0.1) is 12.8 Å². The molecule has 0 saturated carbocycles. The van der Waals surface area contributed by atoms with Gasteiger partial charge >= 0.3 is 5.97 Å². The van der Waals surface area contributed by atoms with Crippen LogP contribution in [0.1, 0.15) is 11.1 Å². The Balaban J connectivity index is 1.94. The van der Waals surface area contributed by atoms with Crippen LogP contribution in [-0.2, 0) is 27.1 Å². The molecule has 2 aromatic carbocycles. The number of benzene rings is 2. The lowest BCUT2D eigenvalue weighted by Crippen LogP contribution is -2.41. The number of ether oxygens (including phenoxy) is 2. The largest absolute Gasteiger partial charge is 0.452 e. The summed E-state index contributed by atoms with van der Waals surface area (Å²) in [5, 5.41) is 0. The summed E-state index contributed by atoms with van der Waals surface area (Å²) < 4.78 is 11.6. The molecule has 23 heavy (non-hydrogen) atoms. The maximum Gasteiger partial charge on any atom is 0.334 e. The monoisotopic (exact) mass is 306 g/mol. The van der Waals surface area contributed by atoms with E-state index in [-0.39, 0.29) is 0 Å². The Hall–Kier alpha value is -2.81. The maximum absolute atomic E-state index is 12.0. The van der Waals surface area contributed by atoms with Crippen molar-refractivity contribution in [3.63, 3.8) is 0 Å². The lowest BCUT2D eigenvalue weighted by Gasteiger charge is -2.33. The van der Waals surface area contributed by atoms with Crippen LogP contribution < -0.4 is 0 Å². The van der Waals surface area contributed by atoms with E-state index in [9.17, 15) is 4.79 Å². The molecule has 0 aromatic heterocycles.